The Bertz CT molecular complexity index is 979. The monoisotopic (exact) mass is 422 g/mol. The minimum atomic E-state index is -0.0608. The number of ether oxygens (including phenoxy) is 1. The Morgan fingerprint density at radius 3 is 2.48 bits per heavy atom. The molecule has 1 aliphatic rings. The van der Waals surface area contributed by atoms with Crippen LogP contribution >= 0.6 is 15.9 Å². The molecule has 0 N–H and O–H groups in total. The lowest BCUT2D eigenvalue weighted by atomic mass is 9.88. The van der Waals surface area contributed by atoms with Gasteiger partial charge in [0.05, 0.1) is 24.3 Å². The topological polar surface area (TPSA) is 36.3 Å². The molecule has 1 heterocycles. The average Bonchev–Trinajstić information content (AvgIpc) is 2.64. The number of rotatable bonds is 3. The van der Waals surface area contributed by atoms with Crippen LogP contribution in [0.15, 0.2) is 46.9 Å². The van der Waals surface area contributed by atoms with E-state index in [1.807, 2.05) is 30.3 Å². The molecule has 0 saturated heterocycles. The minimum Gasteiger partial charge on any atom is -0.496 e. The van der Waals surface area contributed by atoms with Crippen LogP contribution in [0.3, 0.4) is 0 Å². The number of halogens is 1. The summed E-state index contributed by atoms with van der Waals surface area (Å²) in [6.07, 6.45) is 4.17. The van der Waals surface area contributed by atoms with Gasteiger partial charge in [-0.3, -0.25) is 0 Å². The molecule has 0 fully saturated rings. The van der Waals surface area contributed by atoms with Crippen molar-refractivity contribution >= 4 is 38.8 Å². The van der Waals surface area contributed by atoms with E-state index in [0.29, 0.717) is 5.57 Å². The predicted octanol–water partition coefficient (Wildman–Crippen LogP) is 6.15. The van der Waals surface area contributed by atoms with Gasteiger partial charge in [0.25, 0.3) is 0 Å². The molecule has 27 heavy (non-hydrogen) atoms. The third-order valence-electron chi connectivity index (χ3n) is 5.14. The molecule has 3 nitrogen and oxygen atoms in total. The normalized spacial score (nSPS) is 15.7. The molecule has 3 rings (SSSR count). The van der Waals surface area contributed by atoms with Crippen LogP contribution in [-0.2, 0) is 0 Å². The summed E-state index contributed by atoms with van der Waals surface area (Å²) in [7, 11) is 3.76. The van der Waals surface area contributed by atoms with Crippen LogP contribution in [0, 0.1) is 11.3 Å². The molecule has 4 heteroatoms. The maximum absolute atomic E-state index is 9.68. The van der Waals surface area contributed by atoms with E-state index >= 15 is 0 Å². The van der Waals surface area contributed by atoms with Crippen LogP contribution in [-0.4, -0.2) is 19.7 Å². The Labute approximate surface area is 169 Å². The standard InChI is InChI=1S/C23H23BrN2O/c1-15-13-23(2,3)26(4)21-12-22(27-5)17(11-20(15)21)10-18(14-25)16-6-8-19(24)9-7-16/h6-13H,1-5H3/b18-10+. The van der Waals surface area contributed by atoms with Crippen molar-refractivity contribution < 1.29 is 4.74 Å². The summed E-state index contributed by atoms with van der Waals surface area (Å²) >= 11 is 3.44. The number of benzene rings is 2. The summed E-state index contributed by atoms with van der Waals surface area (Å²) in [6, 6.07) is 14.2. The second-order valence-electron chi connectivity index (χ2n) is 7.33. The quantitative estimate of drug-likeness (QED) is 0.439. The van der Waals surface area contributed by atoms with E-state index in [0.717, 1.165) is 32.6 Å². The number of anilines is 1. The number of nitriles is 1. The third-order valence-corrected chi connectivity index (χ3v) is 5.67. The number of methoxy groups -OCH3 is 1. The van der Waals surface area contributed by atoms with Crippen molar-refractivity contribution in [2.45, 2.75) is 26.3 Å². The first kappa shape index (κ1) is 19.3. The maximum Gasteiger partial charge on any atom is 0.128 e. The fourth-order valence-corrected chi connectivity index (χ4v) is 3.71. The van der Waals surface area contributed by atoms with Crippen molar-refractivity contribution in [1.29, 1.82) is 5.26 Å². The first-order valence-electron chi connectivity index (χ1n) is 8.80. The summed E-state index contributed by atoms with van der Waals surface area (Å²) in [6.45, 7) is 6.52. The molecule has 2 aromatic carbocycles. The molecule has 2 aromatic rings. The second kappa shape index (κ2) is 7.25. The maximum atomic E-state index is 9.68. The molecule has 0 saturated carbocycles. The summed E-state index contributed by atoms with van der Waals surface area (Å²) in [5.74, 6) is 0.760. The molecule has 0 spiro atoms. The lowest BCUT2D eigenvalue weighted by Crippen LogP contribution is -2.42. The van der Waals surface area contributed by atoms with Gasteiger partial charge in [-0.15, -0.1) is 0 Å². The Morgan fingerprint density at radius 2 is 1.89 bits per heavy atom. The van der Waals surface area contributed by atoms with Gasteiger partial charge < -0.3 is 9.64 Å². The SMILES string of the molecule is COc1cc2c(cc1/C=C(\C#N)c1ccc(Br)cc1)C(C)=CC(C)(C)N2C. The highest BCUT2D eigenvalue weighted by molar-refractivity contribution is 9.10. The Balaban J connectivity index is 2.16. The fraction of sp³-hybridized carbons (Fsp3) is 0.261. The summed E-state index contributed by atoms with van der Waals surface area (Å²) in [5.41, 5.74) is 5.85. The Kier molecular flexibility index (Phi) is 5.17. The van der Waals surface area contributed by atoms with Crippen molar-refractivity contribution in [2.24, 2.45) is 0 Å². The smallest absolute Gasteiger partial charge is 0.128 e. The minimum absolute atomic E-state index is 0.0608. The highest BCUT2D eigenvalue weighted by Crippen LogP contribution is 2.42. The van der Waals surface area contributed by atoms with Gasteiger partial charge in [0.15, 0.2) is 0 Å². The molecule has 0 bridgehead atoms. The van der Waals surface area contributed by atoms with E-state index in [9.17, 15) is 5.26 Å². The van der Waals surface area contributed by atoms with Gasteiger partial charge in [0, 0.05) is 34.4 Å². The summed E-state index contributed by atoms with van der Waals surface area (Å²) < 4.78 is 6.64. The number of likely N-dealkylation sites (N-methyl/N-ethyl adjacent to an activating group) is 1. The third kappa shape index (κ3) is 3.65. The van der Waals surface area contributed by atoms with Crippen molar-refractivity contribution in [3.8, 4) is 11.8 Å². The van der Waals surface area contributed by atoms with Gasteiger partial charge in [-0.1, -0.05) is 34.1 Å². The zero-order valence-electron chi connectivity index (χ0n) is 16.3. The van der Waals surface area contributed by atoms with E-state index < -0.39 is 0 Å². The van der Waals surface area contributed by atoms with Crippen molar-refractivity contribution in [1.82, 2.24) is 0 Å². The van der Waals surface area contributed by atoms with E-state index in [4.69, 9.17) is 4.74 Å². The van der Waals surface area contributed by atoms with Crippen LogP contribution < -0.4 is 9.64 Å². The molecule has 0 amide bonds. The first-order chi connectivity index (χ1) is 12.8. The number of allylic oxidation sites excluding steroid dienone is 2. The lowest BCUT2D eigenvalue weighted by Gasteiger charge is -2.41. The molecular weight excluding hydrogens is 400 g/mol. The number of hydrogen-bond acceptors (Lipinski definition) is 3. The molecular formula is C23H23BrN2O. The van der Waals surface area contributed by atoms with Gasteiger partial charge >= 0.3 is 0 Å². The Hall–Kier alpha value is -2.51. The molecule has 0 aliphatic carbocycles. The Morgan fingerprint density at radius 1 is 1.22 bits per heavy atom. The van der Waals surface area contributed by atoms with E-state index in [2.05, 4.69) is 72.9 Å². The molecule has 0 atom stereocenters. The van der Waals surface area contributed by atoms with Crippen LogP contribution in [0.2, 0.25) is 0 Å². The number of fused-ring (bicyclic) bond motifs is 1. The van der Waals surface area contributed by atoms with E-state index in [1.54, 1.807) is 7.11 Å². The van der Waals surface area contributed by atoms with Crippen LogP contribution in [0.25, 0.3) is 17.2 Å². The number of hydrogen-bond donors (Lipinski definition) is 0. The highest BCUT2D eigenvalue weighted by atomic mass is 79.9. The summed E-state index contributed by atoms with van der Waals surface area (Å²) in [4.78, 5) is 2.26. The fourth-order valence-electron chi connectivity index (χ4n) is 3.45. The molecule has 138 valence electrons. The highest BCUT2D eigenvalue weighted by Gasteiger charge is 2.29. The van der Waals surface area contributed by atoms with Crippen LogP contribution in [0.4, 0.5) is 5.69 Å². The van der Waals surface area contributed by atoms with Gasteiger partial charge in [-0.2, -0.15) is 5.26 Å². The average molecular weight is 423 g/mol. The van der Waals surface area contributed by atoms with Crippen molar-refractivity contribution in [3.05, 3.63) is 63.6 Å². The van der Waals surface area contributed by atoms with Crippen molar-refractivity contribution in [3.63, 3.8) is 0 Å². The van der Waals surface area contributed by atoms with Crippen LogP contribution in [0.5, 0.6) is 5.75 Å². The van der Waals surface area contributed by atoms with Crippen LogP contribution in [0.1, 0.15) is 37.5 Å². The molecule has 0 aromatic heterocycles. The van der Waals surface area contributed by atoms with Crippen molar-refractivity contribution in [2.75, 3.05) is 19.1 Å². The second-order valence-corrected chi connectivity index (χ2v) is 8.24. The molecule has 1 aliphatic heterocycles. The van der Waals surface area contributed by atoms with E-state index in [1.165, 1.54) is 5.57 Å². The van der Waals surface area contributed by atoms with Gasteiger partial charge in [-0.25, -0.2) is 0 Å². The molecule has 0 unspecified atom stereocenters. The predicted molar refractivity (Wildman–Crippen MR) is 117 cm³/mol. The summed E-state index contributed by atoms with van der Waals surface area (Å²) in [5, 5.41) is 9.68. The van der Waals surface area contributed by atoms with Gasteiger partial charge in [0.2, 0.25) is 0 Å². The zero-order chi connectivity index (χ0) is 19.8. The molecule has 0 radical (unpaired) electrons. The lowest BCUT2D eigenvalue weighted by molar-refractivity contribution is 0.413. The first-order valence-corrected chi connectivity index (χ1v) is 9.59. The van der Waals surface area contributed by atoms with Gasteiger partial charge in [0.1, 0.15) is 5.75 Å². The van der Waals surface area contributed by atoms with E-state index in [-0.39, 0.29) is 5.54 Å². The largest absolute Gasteiger partial charge is 0.496 e. The zero-order valence-corrected chi connectivity index (χ0v) is 17.9. The van der Waals surface area contributed by atoms with Gasteiger partial charge in [-0.05, 0) is 56.2 Å². The number of nitrogens with zero attached hydrogens (tertiary/aromatic N) is 2.